The van der Waals surface area contributed by atoms with Gasteiger partial charge in [0.1, 0.15) is 23.8 Å². The van der Waals surface area contributed by atoms with Crippen LogP contribution in [0.5, 0.6) is 0 Å². The molecule has 4 rings (SSSR count). The van der Waals surface area contributed by atoms with Gasteiger partial charge >= 0.3 is 0 Å². The van der Waals surface area contributed by atoms with Gasteiger partial charge in [0.2, 0.25) is 0 Å². The van der Waals surface area contributed by atoms with Gasteiger partial charge in [-0.15, -0.1) is 0 Å². The quantitative estimate of drug-likeness (QED) is 0.748. The fourth-order valence-corrected chi connectivity index (χ4v) is 3.13. The van der Waals surface area contributed by atoms with E-state index >= 15 is 0 Å². The first-order chi connectivity index (χ1) is 13.7. The lowest BCUT2D eigenvalue weighted by molar-refractivity contribution is 0.0746. The number of carbonyl (C=O) groups excluding carboxylic acids is 1. The Bertz CT molecular complexity index is 956. The van der Waals surface area contributed by atoms with Crippen LogP contribution in [0.4, 0.5) is 17.5 Å². The number of anilines is 3. The molecule has 1 aliphatic rings. The molecule has 4 heterocycles. The van der Waals surface area contributed by atoms with Gasteiger partial charge in [0, 0.05) is 50.8 Å². The summed E-state index contributed by atoms with van der Waals surface area (Å²) >= 11 is 0. The average Bonchev–Trinajstić information content (AvgIpc) is 2.74. The molecule has 8 nitrogen and oxygen atoms in total. The van der Waals surface area contributed by atoms with Gasteiger partial charge in [-0.3, -0.25) is 9.78 Å². The summed E-state index contributed by atoms with van der Waals surface area (Å²) in [6, 6.07) is 9.39. The standard InChI is InChI=1S/C20H21N7O/c1-15-4-6-22-17(11-15)25-18-12-19(24-14-23-18)26-7-9-27(10-8-26)20(28)16-3-2-5-21-13-16/h2-6,11-14H,7-10H2,1H3,(H,22,23,24,25). The number of nitrogens with one attached hydrogen (secondary N) is 1. The van der Waals surface area contributed by atoms with Crippen molar-refractivity contribution in [3.8, 4) is 0 Å². The molecule has 1 amide bonds. The zero-order valence-corrected chi connectivity index (χ0v) is 15.6. The molecular formula is C20H21N7O. The van der Waals surface area contributed by atoms with E-state index in [2.05, 4.69) is 30.2 Å². The number of carbonyl (C=O) groups is 1. The SMILES string of the molecule is Cc1ccnc(Nc2cc(N3CCN(C(=O)c4cccnc4)CC3)ncn2)c1. The Kier molecular flexibility index (Phi) is 5.09. The van der Waals surface area contributed by atoms with Gasteiger partial charge in [0.05, 0.1) is 5.56 Å². The summed E-state index contributed by atoms with van der Waals surface area (Å²) in [6.07, 6.45) is 6.58. The van der Waals surface area contributed by atoms with Crippen LogP contribution in [-0.4, -0.2) is 56.9 Å². The topological polar surface area (TPSA) is 87.1 Å². The second-order valence-electron chi connectivity index (χ2n) is 6.63. The van der Waals surface area contributed by atoms with E-state index in [0.717, 1.165) is 17.2 Å². The number of aryl methyl sites for hydroxylation is 1. The highest BCUT2D eigenvalue weighted by atomic mass is 16.2. The smallest absolute Gasteiger partial charge is 0.255 e. The largest absolute Gasteiger partial charge is 0.353 e. The van der Waals surface area contributed by atoms with Gasteiger partial charge in [0.15, 0.2) is 0 Å². The normalized spacial score (nSPS) is 14.0. The molecule has 0 unspecified atom stereocenters. The average molecular weight is 375 g/mol. The van der Waals surface area contributed by atoms with Crippen LogP contribution in [0.1, 0.15) is 15.9 Å². The van der Waals surface area contributed by atoms with Crippen LogP contribution in [0.2, 0.25) is 0 Å². The molecule has 0 atom stereocenters. The number of pyridine rings is 2. The van der Waals surface area contributed by atoms with Crippen molar-refractivity contribution in [1.29, 1.82) is 0 Å². The molecule has 0 spiro atoms. The highest BCUT2D eigenvalue weighted by Crippen LogP contribution is 2.19. The molecule has 1 aliphatic heterocycles. The van der Waals surface area contributed by atoms with Crippen LogP contribution in [0.25, 0.3) is 0 Å². The molecule has 28 heavy (non-hydrogen) atoms. The third-order valence-corrected chi connectivity index (χ3v) is 4.62. The van der Waals surface area contributed by atoms with Crippen LogP contribution in [0, 0.1) is 6.92 Å². The summed E-state index contributed by atoms with van der Waals surface area (Å²) in [5.74, 6) is 2.29. The second kappa shape index (κ2) is 7.99. The van der Waals surface area contributed by atoms with Crippen LogP contribution in [0.3, 0.4) is 0 Å². The molecule has 0 aromatic carbocycles. The second-order valence-corrected chi connectivity index (χ2v) is 6.63. The summed E-state index contributed by atoms with van der Waals surface area (Å²) < 4.78 is 0. The molecule has 3 aromatic rings. The van der Waals surface area contributed by atoms with Gasteiger partial charge in [-0.05, 0) is 36.8 Å². The Balaban J connectivity index is 1.40. The van der Waals surface area contributed by atoms with E-state index < -0.39 is 0 Å². The molecule has 8 heteroatoms. The minimum Gasteiger partial charge on any atom is -0.353 e. The van der Waals surface area contributed by atoms with Crippen molar-refractivity contribution in [2.24, 2.45) is 0 Å². The van der Waals surface area contributed by atoms with E-state index in [0.29, 0.717) is 37.6 Å². The zero-order valence-electron chi connectivity index (χ0n) is 15.6. The Morgan fingerprint density at radius 1 is 1.00 bits per heavy atom. The van der Waals surface area contributed by atoms with Gasteiger partial charge in [-0.2, -0.15) is 0 Å². The Labute approximate surface area is 163 Å². The van der Waals surface area contributed by atoms with Crippen molar-refractivity contribution in [2.75, 3.05) is 36.4 Å². The molecule has 0 saturated carbocycles. The zero-order chi connectivity index (χ0) is 19.3. The van der Waals surface area contributed by atoms with Crippen molar-refractivity contribution in [3.05, 3.63) is 66.4 Å². The van der Waals surface area contributed by atoms with E-state index in [-0.39, 0.29) is 5.91 Å². The molecule has 1 N–H and O–H groups in total. The van der Waals surface area contributed by atoms with E-state index in [1.54, 1.807) is 37.1 Å². The van der Waals surface area contributed by atoms with Crippen molar-refractivity contribution < 1.29 is 4.79 Å². The summed E-state index contributed by atoms with van der Waals surface area (Å²) in [7, 11) is 0. The van der Waals surface area contributed by atoms with Gasteiger partial charge in [0.25, 0.3) is 5.91 Å². The Morgan fingerprint density at radius 3 is 2.57 bits per heavy atom. The minimum absolute atomic E-state index is 0.0170. The van der Waals surface area contributed by atoms with Crippen molar-refractivity contribution >= 4 is 23.4 Å². The number of hydrogen-bond donors (Lipinski definition) is 1. The highest BCUT2D eigenvalue weighted by molar-refractivity contribution is 5.94. The minimum atomic E-state index is 0.0170. The summed E-state index contributed by atoms with van der Waals surface area (Å²) in [6.45, 7) is 4.72. The molecule has 142 valence electrons. The third-order valence-electron chi connectivity index (χ3n) is 4.62. The number of rotatable bonds is 4. The number of amides is 1. The van der Waals surface area contributed by atoms with Gasteiger partial charge < -0.3 is 15.1 Å². The first-order valence-corrected chi connectivity index (χ1v) is 9.15. The maximum Gasteiger partial charge on any atom is 0.255 e. The number of nitrogens with zero attached hydrogens (tertiary/aromatic N) is 6. The van der Waals surface area contributed by atoms with E-state index in [4.69, 9.17) is 0 Å². The fraction of sp³-hybridized carbons (Fsp3) is 0.250. The molecule has 3 aromatic heterocycles. The Hall–Kier alpha value is -3.55. The molecule has 0 bridgehead atoms. The number of aromatic nitrogens is 4. The lowest BCUT2D eigenvalue weighted by Gasteiger charge is -2.35. The maximum atomic E-state index is 12.6. The van der Waals surface area contributed by atoms with Gasteiger partial charge in [-0.25, -0.2) is 15.0 Å². The predicted molar refractivity (Wildman–Crippen MR) is 107 cm³/mol. The molecule has 1 saturated heterocycles. The number of hydrogen-bond acceptors (Lipinski definition) is 7. The Morgan fingerprint density at radius 2 is 1.82 bits per heavy atom. The van der Waals surface area contributed by atoms with Crippen LogP contribution < -0.4 is 10.2 Å². The van der Waals surface area contributed by atoms with Crippen LogP contribution in [0.15, 0.2) is 55.2 Å². The highest BCUT2D eigenvalue weighted by Gasteiger charge is 2.23. The van der Waals surface area contributed by atoms with Gasteiger partial charge in [-0.1, -0.05) is 0 Å². The molecular weight excluding hydrogens is 354 g/mol. The van der Waals surface area contributed by atoms with E-state index in [1.807, 2.05) is 30.0 Å². The maximum absolute atomic E-state index is 12.6. The fourth-order valence-electron chi connectivity index (χ4n) is 3.13. The monoisotopic (exact) mass is 375 g/mol. The number of piperazine rings is 1. The van der Waals surface area contributed by atoms with Crippen LogP contribution in [-0.2, 0) is 0 Å². The summed E-state index contributed by atoms with van der Waals surface area (Å²) in [4.78, 5) is 33.6. The first kappa shape index (κ1) is 17.8. The summed E-state index contributed by atoms with van der Waals surface area (Å²) in [5.41, 5.74) is 1.75. The van der Waals surface area contributed by atoms with Crippen molar-refractivity contribution in [2.45, 2.75) is 6.92 Å². The lowest BCUT2D eigenvalue weighted by atomic mass is 10.2. The first-order valence-electron chi connectivity index (χ1n) is 9.15. The van der Waals surface area contributed by atoms with E-state index in [9.17, 15) is 4.79 Å². The summed E-state index contributed by atoms with van der Waals surface area (Å²) in [5, 5.41) is 3.21. The van der Waals surface area contributed by atoms with Crippen molar-refractivity contribution in [1.82, 2.24) is 24.8 Å². The molecule has 0 aliphatic carbocycles. The predicted octanol–water partition coefficient (Wildman–Crippen LogP) is 2.28. The molecule has 1 fully saturated rings. The van der Waals surface area contributed by atoms with E-state index in [1.165, 1.54) is 0 Å². The third kappa shape index (κ3) is 4.06. The van der Waals surface area contributed by atoms with Crippen molar-refractivity contribution in [3.63, 3.8) is 0 Å². The van der Waals surface area contributed by atoms with Crippen LogP contribution >= 0.6 is 0 Å². The molecule has 0 radical (unpaired) electrons. The lowest BCUT2D eigenvalue weighted by Crippen LogP contribution is -2.49.